The van der Waals surface area contributed by atoms with Crippen LogP contribution >= 0.6 is 11.3 Å². The fraction of sp³-hybridized carbons (Fsp3) is 0.300. The van der Waals surface area contributed by atoms with Gasteiger partial charge in [0.1, 0.15) is 5.70 Å². The van der Waals surface area contributed by atoms with Crippen molar-refractivity contribution in [1.29, 1.82) is 0 Å². The molecule has 0 atom stereocenters. The van der Waals surface area contributed by atoms with E-state index in [-0.39, 0.29) is 11.4 Å². The van der Waals surface area contributed by atoms with Crippen LogP contribution in [0.2, 0.25) is 0 Å². The van der Waals surface area contributed by atoms with Crippen molar-refractivity contribution in [2.24, 2.45) is 0 Å². The van der Waals surface area contributed by atoms with E-state index in [9.17, 15) is 19.7 Å². The number of ether oxygens (including phenoxy) is 1. The van der Waals surface area contributed by atoms with Crippen LogP contribution in [0.25, 0.3) is 6.08 Å². The summed E-state index contributed by atoms with van der Waals surface area (Å²) in [5, 5.41) is 18.2. The number of nitrogens with zero attached hydrogens (tertiary/aromatic N) is 2. The van der Waals surface area contributed by atoms with Crippen LogP contribution in [0, 0.1) is 10.1 Å². The number of thiophene rings is 1. The second-order valence-corrected chi connectivity index (χ2v) is 7.50. The highest BCUT2D eigenvalue weighted by molar-refractivity contribution is 7.12. The minimum atomic E-state index is -0.510. The number of carbonyl (C=O) groups is 2. The summed E-state index contributed by atoms with van der Waals surface area (Å²) in [6.45, 7) is 4.02. The molecule has 9 nitrogen and oxygen atoms in total. The van der Waals surface area contributed by atoms with Gasteiger partial charge in [-0.25, -0.2) is 0 Å². The highest BCUT2D eigenvalue weighted by atomic mass is 32.1. The fourth-order valence-electron chi connectivity index (χ4n) is 2.89. The SMILES string of the molecule is O=C(NCCN1CCOCC1)/C(=C/c1cccc([N+](=O)[O-])c1)NC(=O)c1cccs1. The standard InChI is InChI=1S/C20H22N4O5S/c25-19(21-6-7-23-8-10-29-11-9-23)17(22-20(26)18-5-2-12-30-18)14-15-3-1-4-16(13-15)24(27)28/h1-5,12-14H,6-11H2,(H,21,25)(H,22,26)/b17-14-. The number of hydrogen-bond donors (Lipinski definition) is 2. The molecule has 0 saturated carbocycles. The van der Waals surface area contributed by atoms with Gasteiger partial charge in [-0.3, -0.25) is 24.6 Å². The van der Waals surface area contributed by atoms with Gasteiger partial charge >= 0.3 is 0 Å². The van der Waals surface area contributed by atoms with Gasteiger partial charge in [0, 0.05) is 38.3 Å². The van der Waals surface area contributed by atoms with E-state index in [0.717, 1.165) is 13.1 Å². The second-order valence-electron chi connectivity index (χ2n) is 6.55. The van der Waals surface area contributed by atoms with Gasteiger partial charge in [0.25, 0.3) is 17.5 Å². The molecule has 0 unspecified atom stereocenters. The van der Waals surface area contributed by atoms with E-state index >= 15 is 0 Å². The summed E-state index contributed by atoms with van der Waals surface area (Å²) in [7, 11) is 0. The molecule has 1 aromatic heterocycles. The monoisotopic (exact) mass is 430 g/mol. The number of rotatable bonds is 8. The first-order valence-corrected chi connectivity index (χ1v) is 10.3. The number of hydrogen-bond acceptors (Lipinski definition) is 7. The second kappa shape index (κ2) is 10.6. The summed E-state index contributed by atoms with van der Waals surface area (Å²) >= 11 is 1.26. The molecule has 2 heterocycles. The lowest BCUT2D eigenvalue weighted by Gasteiger charge is -2.26. The Morgan fingerprint density at radius 1 is 1.23 bits per heavy atom. The Hall–Kier alpha value is -3.08. The Balaban J connectivity index is 1.72. The largest absolute Gasteiger partial charge is 0.379 e. The van der Waals surface area contributed by atoms with Gasteiger partial charge in [-0.15, -0.1) is 11.3 Å². The van der Waals surface area contributed by atoms with Crippen molar-refractivity contribution in [3.8, 4) is 0 Å². The van der Waals surface area contributed by atoms with Crippen molar-refractivity contribution in [3.05, 3.63) is 68.0 Å². The van der Waals surface area contributed by atoms with Crippen LogP contribution in [0.5, 0.6) is 0 Å². The summed E-state index contributed by atoms with van der Waals surface area (Å²) in [4.78, 5) is 38.3. The molecule has 1 aromatic carbocycles. The first kappa shape index (κ1) is 21.6. The molecule has 0 bridgehead atoms. The van der Waals surface area contributed by atoms with E-state index in [0.29, 0.717) is 36.7 Å². The van der Waals surface area contributed by atoms with Gasteiger partial charge in [-0.05, 0) is 23.1 Å². The molecule has 2 N–H and O–H groups in total. The van der Waals surface area contributed by atoms with Crippen LogP contribution in [0.15, 0.2) is 47.5 Å². The molecule has 10 heteroatoms. The van der Waals surface area contributed by atoms with Crippen LogP contribution < -0.4 is 10.6 Å². The first-order chi connectivity index (χ1) is 14.5. The van der Waals surface area contributed by atoms with Crippen molar-refractivity contribution in [2.45, 2.75) is 0 Å². The Bertz CT molecular complexity index is 923. The molecule has 2 amide bonds. The van der Waals surface area contributed by atoms with Gasteiger partial charge in [0.05, 0.1) is 23.0 Å². The summed E-state index contributed by atoms with van der Waals surface area (Å²) in [6, 6.07) is 9.26. The number of amides is 2. The van der Waals surface area contributed by atoms with Gasteiger partial charge in [0.15, 0.2) is 0 Å². The molecule has 3 rings (SSSR count). The molecule has 1 aliphatic rings. The number of nitro groups is 1. The topological polar surface area (TPSA) is 114 Å². The van der Waals surface area contributed by atoms with Crippen molar-refractivity contribution < 1.29 is 19.2 Å². The highest BCUT2D eigenvalue weighted by Crippen LogP contribution is 2.16. The van der Waals surface area contributed by atoms with Crippen molar-refractivity contribution in [3.63, 3.8) is 0 Å². The normalized spacial score (nSPS) is 14.9. The molecule has 158 valence electrons. The Labute approximate surface area is 177 Å². The zero-order valence-electron chi connectivity index (χ0n) is 16.2. The lowest BCUT2D eigenvalue weighted by molar-refractivity contribution is -0.384. The predicted octanol–water partition coefficient (Wildman–Crippen LogP) is 1.88. The predicted molar refractivity (Wildman–Crippen MR) is 113 cm³/mol. The van der Waals surface area contributed by atoms with Crippen molar-refractivity contribution >= 4 is 34.9 Å². The van der Waals surface area contributed by atoms with Gasteiger partial charge in [0.2, 0.25) is 0 Å². The third-order valence-corrected chi connectivity index (χ3v) is 5.32. The molecule has 1 saturated heterocycles. The maximum atomic E-state index is 12.7. The minimum Gasteiger partial charge on any atom is -0.379 e. The quantitative estimate of drug-likeness (QED) is 0.376. The van der Waals surface area contributed by atoms with E-state index in [1.165, 1.54) is 35.6 Å². The zero-order valence-corrected chi connectivity index (χ0v) is 17.0. The Morgan fingerprint density at radius 3 is 2.73 bits per heavy atom. The smallest absolute Gasteiger partial charge is 0.270 e. The summed E-state index contributed by atoms with van der Waals surface area (Å²) < 4.78 is 5.30. The lowest BCUT2D eigenvalue weighted by Crippen LogP contribution is -2.42. The molecule has 0 radical (unpaired) electrons. The average Bonchev–Trinajstić information content (AvgIpc) is 3.29. The Morgan fingerprint density at radius 2 is 2.03 bits per heavy atom. The fourth-order valence-corrected chi connectivity index (χ4v) is 3.51. The highest BCUT2D eigenvalue weighted by Gasteiger charge is 2.17. The maximum absolute atomic E-state index is 12.7. The number of benzene rings is 1. The van der Waals surface area contributed by atoms with Crippen LogP contribution in [-0.4, -0.2) is 61.0 Å². The summed E-state index contributed by atoms with van der Waals surface area (Å²) in [5.74, 6) is -0.871. The molecule has 1 aliphatic heterocycles. The average molecular weight is 430 g/mol. The summed E-state index contributed by atoms with van der Waals surface area (Å²) in [5.41, 5.74) is 0.366. The molecule has 1 fully saturated rings. The number of non-ortho nitro benzene ring substituents is 1. The van der Waals surface area contributed by atoms with Gasteiger partial charge in [-0.2, -0.15) is 0 Å². The minimum absolute atomic E-state index is 0.0240. The van der Waals surface area contributed by atoms with Crippen LogP contribution in [0.4, 0.5) is 5.69 Å². The van der Waals surface area contributed by atoms with E-state index in [2.05, 4.69) is 15.5 Å². The lowest BCUT2D eigenvalue weighted by atomic mass is 10.1. The van der Waals surface area contributed by atoms with E-state index < -0.39 is 16.7 Å². The maximum Gasteiger partial charge on any atom is 0.270 e. The number of morpholine rings is 1. The van der Waals surface area contributed by atoms with Crippen LogP contribution in [0.1, 0.15) is 15.2 Å². The number of carbonyl (C=O) groups excluding carboxylic acids is 2. The first-order valence-electron chi connectivity index (χ1n) is 9.42. The third kappa shape index (κ3) is 6.21. The number of nitro benzene ring substituents is 1. The van der Waals surface area contributed by atoms with Crippen molar-refractivity contribution in [2.75, 3.05) is 39.4 Å². The number of nitrogens with one attached hydrogen (secondary N) is 2. The van der Waals surface area contributed by atoms with Crippen molar-refractivity contribution in [1.82, 2.24) is 15.5 Å². The van der Waals surface area contributed by atoms with E-state index in [1.807, 2.05) is 0 Å². The van der Waals surface area contributed by atoms with Gasteiger partial charge < -0.3 is 15.4 Å². The molecule has 30 heavy (non-hydrogen) atoms. The van der Waals surface area contributed by atoms with Crippen LogP contribution in [-0.2, 0) is 9.53 Å². The third-order valence-electron chi connectivity index (χ3n) is 4.45. The molecule has 0 spiro atoms. The molecule has 2 aromatic rings. The molecular formula is C20H22N4O5S. The zero-order chi connectivity index (χ0) is 21.3. The van der Waals surface area contributed by atoms with Gasteiger partial charge in [-0.1, -0.05) is 18.2 Å². The van der Waals surface area contributed by atoms with E-state index in [4.69, 9.17) is 4.74 Å². The summed E-state index contributed by atoms with van der Waals surface area (Å²) in [6.07, 6.45) is 1.43. The van der Waals surface area contributed by atoms with Crippen LogP contribution in [0.3, 0.4) is 0 Å². The molecule has 0 aliphatic carbocycles. The Kier molecular flexibility index (Phi) is 7.66. The van der Waals surface area contributed by atoms with E-state index in [1.54, 1.807) is 23.6 Å². The molecular weight excluding hydrogens is 408 g/mol.